The highest BCUT2D eigenvalue weighted by Crippen LogP contribution is 2.27. The van der Waals surface area contributed by atoms with E-state index in [1.807, 2.05) is 0 Å². The monoisotopic (exact) mass is 311 g/mol. The third-order valence-electron chi connectivity index (χ3n) is 1.51. The van der Waals surface area contributed by atoms with Gasteiger partial charge in [0.2, 0.25) is 5.91 Å². The summed E-state index contributed by atoms with van der Waals surface area (Å²) in [6.07, 6.45) is 0. The number of rotatable bonds is 2. The average Bonchev–Trinajstić information content (AvgIpc) is 1.99. The summed E-state index contributed by atoms with van der Waals surface area (Å²) in [5, 5.41) is 2.52. The Morgan fingerprint density at radius 3 is 2.47 bits per heavy atom. The van der Waals surface area contributed by atoms with E-state index in [-0.39, 0.29) is 10.8 Å². The summed E-state index contributed by atoms with van der Waals surface area (Å²) in [7, 11) is 1.41. The lowest BCUT2D eigenvalue weighted by atomic mass is 10.3. The van der Waals surface area contributed by atoms with E-state index < -0.39 is 9.05 Å². The van der Waals surface area contributed by atoms with Gasteiger partial charge in [0, 0.05) is 27.8 Å². The maximum absolute atomic E-state index is 11.0. The van der Waals surface area contributed by atoms with Gasteiger partial charge < -0.3 is 5.32 Å². The van der Waals surface area contributed by atoms with Gasteiger partial charge in [-0.05, 0) is 34.1 Å². The molecule has 0 saturated carbocycles. The Morgan fingerprint density at radius 1 is 1.47 bits per heavy atom. The molecular formula is C8H7BrClNO3S. The fraction of sp³-hybridized carbons (Fsp3) is 0.125. The largest absolute Gasteiger partial charge is 0.326 e. The second kappa shape index (κ2) is 4.51. The summed E-state index contributed by atoms with van der Waals surface area (Å²) in [5.74, 6) is -0.233. The number of hydrogen-bond donors (Lipinski definition) is 1. The van der Waals surface area contributed by atoms with Crippen LogP contribution in [-0.2, 0) is 13.8 Å². The minimum Gasteiger partial charge on any atom is -0.326 e. The minimum absolute atomic E-state index is 0.0294. The predicted molar refractivity (Wildman–Crippen MR) is 61.5 cm³/mol. The lowest BCUT2D eigenvalue weighted by Gasteiger charge is -2.04. The van der Waals surface area contributed by atoms with Gasteiger partial charge in [-0.2, -0.15) is 0 Å². The van der Waals surface area contributed by atoms with E-state index in [1.54, 1.807) is 0 Å². The minimum atomic E-state index is -3.77. The van der Waals surface area contributed by atoms with Crippen LogP contribution in [0.15, 0.2) is 27.6 Å². The van der Waals surface area contributed by atoms with Crippen molar-refractivity contribution >= 4 is 47.3 Å². The van der Waals surface area contributed by atoms with Crippen molar-refractivity contribution in [1.82, 2.24) is 0 Å². The average molecular weight is 313 g/mol. The molecule has 1 aromatic carbocycles. The molecular weight excluding hydrogens is 306 g/mol. The Kier molecular flexibility index (Phi) is 3.75. The molecule has 4 nitrogen and oxygen atoms in total. The third kappa shape index (κ3) is 3.48. The number of hydrogen-bond acceptors (Lipinski definition) is 3. The first kappa shape index (κ1) is 12.5. The SMILES string of the molecule is CC(=O)Nc1ccc(S(=O)(=O)Cl)c(Br)c1. The number of nitrogens with one attached hydrogen (secondary N) is 1. The maximum Gasteiger partial charge on any atom is 0.262 e. The lowest BCUT2D eigenvalue weighted by molar-refractivity contribution is -0.114. The fourth-order valence-electron chi connectivity index (χ4n) is 0.980. The van der Waals surface area contributed by atoms with Crippen LogP contribution in [0.5, 0.6) is 0 Å². The van der Waals surface area contributed by atoms with E-state index in [1.165, 1.54) is 25.1 Å². The van der Waals surface area contributed by atoms with Gasteiger partial charge in [-0.15, -0.1) is 0 Å². The van der Waals surface area contributed by atoms with Crippen molar-refractivity contribution in [2.24, 2.45) is 0 Å². The summed E-state index contributed by atoms with van der Waals surface area (Å²) in [5.41, 5.74) is 0.499. The van der Waals surface area contributed by atoms with Crippen LogP contribution in [0, 0.1) is 0 Å². The van der Waals surface area contributed by atoms with E-state index >= 15 is 0 Å². The first-order valence-electron chi connectivity index (χ1n) is 3.82. The Hall–Kier alpha value is -0.590. The van der Waals surface area contributed by atoms with Gasteiger partial charge in [0.1, 0.15) is 0 Å². The molecule has 0 spiro atoms. The Balaban J connectivity index is 3.15. The summed E-state index contributed by atoms with van der Waals surface area (Å²) in [6, 6.07) is 4.25. The summed E-state index contributed by atoms with van der Waals surface area (Å²) < 4.78 is 22.4. The highest BCUT2D eigenvalue weighted by atomic mass is 79.9. The van der Waals surface area contributed by atoms with Crippen LogP contribution >= 0.6 is 26.6 Å². The molecule has 1 amide bonds. The molecule has 0 heterocycles. The number of benzene rings is 1. The molecule has 0 aromatic heterocycles. The molecule has 1 aromatic rings. The molecule has 1 N–H and O–H groups in total. The van der Waals surface area contributed by atoms with Crippen LogP contribution in [0.25, 0.3) is 0 Å². The fourth-order valence-corrected chi connectivity index (χ4v) is 3.20. The van der Waals surface area contributed by atoms with Gasteiger partial charge >= 0.3 is 0 Å². The smallest absolute Gasteiger partial charge is 0.262 e. The van der Waals surface area contributed by atoms with Crippen LogP contribution in [0.2, 0.25) is 0 Å². The number of halogens is 2. The molecule has 0 radical (unpaired) electrons. The lowest BCUT2D eigenvalue weighted by Crippen LogP contribution is -2.06. The molecule has 0 bridgehead atoms. The first-order chi connectivity index (χ1) is 6.80. The van der Waals surface area contributed by atoms with Crippen LogP contribution < -0.4 is 5.32 Å². The summed E-state index contributed by atoms with van der Waals surface area (Å²) >= 11 is 3.06. The molecule has 0 aliphatic carbocycles. The van der Waals surface area contributed by atoms with Gasteiger partial charge in [-0.25, -0.2) is 8.42 Å². The van der Waals surface area contributed by atoms with Crippen molar-refractivity contribution in [3.8, 4) is 0 Å². The van der Waals surface area contributed by atoms with Gasteiger partial charge in [-0.1, -0.05) is 0 Å². The van der Waals surface area contributed by atoms with Crippen molar-refractivity contribution in [2.75, 3.05) is 5.32 Å². The second-order valence-electron chi connectivity index (χ2n) is 2.76. The molecule has 0 atom stereocenters. The highest BCUT2D eigenvalue weighted by Gasteiger charge is 2.14. The predicted octanol–water partition coefficient (Wildman–Crippen LogP) is 2.33. The van der Waals surface area contributed by atoms with Gasteiger partial charge in [0.05, 0.1) is 4.90 Å². The second-order valence-corrected chi connectivity index (χ2v) is 6.15. The van der Waals surface area contributed by atoms with Gasteiger partial charge in [-0.3, -0.25) is 4.79 Å². The zero-order valence-electron chi connectivity index (χ0n) is 7.62. The van der Waals surface area contributed by atoms with E-state index in [9.17, 15) is 13.2 Å². The first-order valence-corrected chi connectivity index (χ1v) is 6.93. The molecule has 82 valence electrons. The Labute approximate surface area is 100 Å². The quantitative estimate of drug-likeness (QED) is 0.853. The Morgan fingerprint density at radius 2 is 2.07 bits per heavy atom. The van der Waals surface area contributed by atoms with Crippen LogP contribution in [0.3, 0.4) is 0 Å². The van der Waals surface area contributed by atoms with E-state index in [0.29, 0.717) is 10.2 Å². The van der Waals surface area contributed by atoms with Crippen molar-refractivity contribution in [3.05, 3.63) is 22.7 Å². The van der Waals surface area contributed by atoms with Crippen LogP contribution in [-0.4, -0.2) is 14.3 Å². The molecule has 0 unspecified atom stereocenters. The maximum atomic E-state index is 11.0. The van der Waals surface area contributed by atoms with Gasteiger partial charge in [0.25, 0.3) is 9.05 Å². The topological polar surface area (TPSA) is 63.2 Å². The van der Waals surface area contributed by atoms with E-state index in [0.717, 1.165) is 0 Å². The number of amides is 1. The molecule has 15 heavy (non-hydrogen) atoms. The van der Waals surface area contributed by atoms with Crippen molar-refractivity contribution < 1.29 is 13.2 Å². The van der Waals surface area contributed by atoms with Crippen molar-refractivity contribution in [2.45, 2.75) is 11.8 Å². The molecule has 1 rings (SSSR count). The van der Waals surface area contributed by atoms with Crippen molar-refractivity contribution in [1.29, 1.82) is 0 Å². The molecule has 0 aliphatic heterocycles. The summed E-state index contributed by atoms with van der Waals surface area (Å²) in [6.45, 7) is 1.36. The zero-order chi connectivity index (χ0) is 11.6. The Bertz CT molecular complexity index is 501. The van der Waals surface area contributed by atoms with Crippen LogP contribution in [0.4, 0.5) is 5.69 Å². The van der Waals surface area contributed by atoms with Crippen molar-refractivity contribution in [3.63, 3.8) is 0 Å². The highest BCUT2D eigenvalue weighted by molar-refractivity contribution is 9.10. The number of carbonyl (C=O) groups is 1. The van der Waals surface area contributed by atoms with E-state index in [2.05, 4.69) is 21.2 Å². The molecule has 0 aliphatic rings. The normalized spacial score (nSPS) is 11.1. The standard InChI is InChI=1S/C8H7BrClNO3S/c1-5(12)11-6-2-3-8(7(9)4-6)15(10,13)14/h2-4H,1H3,(H,11,12). The zero-order valence-corrected chi connectivity index (χ0v) is 10.8. The number of carbonyl (C=O) groups excluding carboxylic acids is 1. The molecule has 0 fully saturated rings. The molecule has 7 heteroatoms. The third-order valence-corrected chi connectivity index (χ3v) is 3.81. The van der Waals surface area contributed by atoms with Crippen LogP contribution in [0.1, 0.15) is 6.92 Å². The number of anilines is 1. The van der Waals surface area contributed by atoms with E-state index in [4.69, 9.17) is 10.7 Å². The van der Waals surface area contributed by atoms with Gasteiger partial charge in [0.15, 0.2) is 0 Å². The summed E-state index contributed by atoms with van der Waals surface area (Å²) in [4.78, 5) is 10.7. The molecule has 0 saturated heterocycles.